The van der Waals surface area contributed by atoms with E-state index in [-0.39, 0.29) is 23.3 Å². The van der Waals surface area contributed by atoms with Crippen molar-refractivity contribution in [3.63, 3.8) is 0 Å². The standard InChI is InChI=1S/C8H16N4/c1-5(2)12(4)8(11)6(3)7(9)10/h5,11H,3H2,1-2,4H3,(H3,9,10). The smallest absolute Gasteiger partial charge is 0.131 e. The van der Waals surface area contributed by atoms with Crippen LogP contribution in [0.25, 0.3) is 0 Å². The lowest BCUT2D eigenvalue weighted by Gasteiger charge is -2.24. The zero-order valence-corrected chi connectivity index (χ0v) is 7.81. The Bertz CT molecular complexity index is 217. The molecule has 0 amide bonds. The number of likely N-dealkylation sites (N-methyl/N-ethyl adjacent to an activating group) is 1. The van der Waals surface area contributed by atoms with E-state index in [1.807, 2.05) is 13.8 Å². The number of hydrogen-bond acceptors (Lipinski definition) is 2. The van der Waals surface area contributed by atoms with Crippen LogP contribution in [0.4, 0.5) is 0 Å². The molecule has 0 aromatic rings. The summed E-state index contributed by atoms with van der Waals surface area (Å²) in [4.78, 5) is 1.71. The lowest BCUT2D eigenvalue weighted by molar-refractivity contribution is 0.416. The van der Waals surface area contributed by atoms with E-state index in [0.29, 0.717) is 0 Å². The van der Waals surface area contributed by atoms with Crippen molar-refractivity contribution in [2.24, 2.45) is 5.73 Å². The van der Waals surface area contributed by atoms with Crippen molar-refractivity contribution in [2.45, 2.75) is 19.9 Å². The minimum absolute atomic E-state index is 0.146. The van der Waals surface area contributed by atoms with E-state index in [1.54, 1.807) is 11.9 Å². The predicted octanol–water partition coefficient (Wildman–Crippen LogP) is 0.796. The van der Waals surface area contributed by atoms with Crippen LogP contribution in [0.3, 0.4) is 0 Å². The summed E-state index contributed by atoms with van der Waals surface area (Å²) in [5.41, 5.74) is 5.46. The average Bonchev–Trinajstić information content (AvgIpc) is 2.00. The first-order valence-corrected chi connectivity index (χ1v) is 3.73. The van der Waals surface area contributed by atoms with Gasteiger partial charge in [0.1, 0.15) is 11.7 Å². The van der Waals surface area contributed by atoms with Gasteiger partial charge in [0.25, 0.3) is 0 Å². The summed E-state index contributed by atoms with van der Waals surface area (Å²) in [5, 5.41) is 14.6. The number of nitrogens with zero attached hydrogens (tertiary/aromatic N) is 1. The fourth-order valence-corrected chi connectivity index (χ4v) is 0.599. The highest BCUT2D eigenvalue weighted by molar-refractivity contribution is 6.19. The summed E-state index contributed by atoms with van der Waals surface area (Å²) in [6.07, 6.45) is 0. The molecule has 0 aliphatic rings. The molecular formula is C8H16N4. The fourth-order valence-electron chi connectivity index (χ4n) is 0.599. The van der Waals surface area contributed by atoms with Crippen LogP contribution in [-0.2, 0) is 0 Å². The summed E-state index contributed by atoms with van der Waals surface area (Å²) in [7, 11) is 1.78. The Morgan fingerprint density at radius 1 is 1.42 bits per heavy atom. The summed E-state index contributed by atoms with van der Waals surface area (Å²) in [5.74, 6) is 0.0602. The van der Waals surface area contributed by atoms with Gasteiger partial charge in [-0.1, -0.05) is 6.58 Å². The number of amidine groups is 2. The summed E-state index contributed by atoms with van der Waals surface area (Å²) in [6, 6.07) is 0.216. The molecule has 0 atom stereocenters. The molecule has 0 saturated carbocycles. The molecule has 0 rings (SSSR count). The van der Waals surface area contributed by atoms with Crippen LogP contribution in [0.15, 0.2) is 12.2 Å². The van der Waals surface area contributed by atoms with E-state index in [1.165, 1.54) is 0 Å². The van der Waals surface area contributed by atoms with E-state index in [9.17, 15) is 0 Å². The minimum Gasteiger partial charge on any atom is -0.384 e. The SMILES string of the molecule is C=C(C(=N)N)C(=N)N(C)C(C)C. The van der Waals surface area contributed by atoms with Crippen LogP contribution in [-0.4, -0.2) is 29.7 Å². The molecule has 68 valence electrons. The Morgan fingerprint density at radius 3 is 2.08 bits per heavy atom. The molecule has 0 aromatic carbocycles. The first-order valence-electron chi connectivity index (χ1n) is 3.73. The van der Waals surface area contributed by atoms with Gasteiger partial charge >= 0.3 is 0 Å². The second-order valence-corrected chi connectivity index (χ2v) is 2.95. The largest absolute Gasteiger partial charge is 0.384 e. The molecule has 0 aliphatic carbocycles. The number of rotatable bonds is 3. The third-order valence-corrected chi connectivity index (χ3v) is 1.74. The zero-order chi connectivity index (χ0) is 9.89. The molecule has 0 radical (unpaired) electrons. The maximum Gasteiger partial charge on any atom is 0.131 e. The highest BCUT2D eigenvalue weighted by Crippen LogP contribution is 2.01. The molecule has 12 heavy (non-hydrogen) atoms. The van der Waals surface area contributed by atoms with Gasteiger partial charge in [-0.05, 0) is 13.8 Å². The van der Waals surface area contributed by atoms with Crippen molar-refractivity contribution in [1.29, 1.82) is 10.8 Å². The molecule has 0 spiro atoms. The summed E-state index contributed by atoms with van der Waals surface area (Å²) >= 11 is 0. The van der Waals surface area contributed by atoms with Gasteiger partial charge in [-0.25, -0.2) is 0 Å². The number of nitrogens with two attached hydrogens (primary N) is 1. The fraction of sp³-hybridized carbons (Fsp3) is 0.500. The van der Waals surface area contributed by atoms with Gasteiger partial charge in [0.15, 0.2) is 0 Å². The zero-order valence-electron chi connectivity index (χ0n) is 7.81. The van der Waals surface area contributed by atoms with Crippen molar-refractivity contribution in [2.75, 3.05) is 7.05 Å². The maximum atomic E-state index is 7.57. The van der Waals surface area contributed by atoms with Crippen LogP contribution in [0.2, 0.25) is 0 Å². The van der Waals surface area contributed by atoms with Crippen molar-refractivity contribution in [3.8, 4) is 0 Å². The van der Waals surface area contributed by atoms with Crippen LogP contribution in [0, 0.1) is 10.8 Å². The second kappa shape index (κ2) is 3.90. The van der Waals surface area contributed by atoms with Gasteiger partial charge in [-0.2, -0.15) is 0 Å². The normalized spacial score (nSPS) is 9.67. The van der Waals surface area contributed by atoms with Gasteiger partial charge in [-0.15, -0.1) is 0 Å². The van der Waals surface area contributed by atoms with E-state index in [0.717, 1.165) is 0 Å². The van der Waals surface area contributed by atoms with Crippen molar-refractivity contribution >= 4 is 11.7 Å². The van der Waals surface area contributed by atoms with Crippen LogP contribution >= 0.6 is 0 Å². The van der Waals surface area contributed by atoms with E-state index in [4.69, 9.17) is 16.6 Å². The van der Waals surface area contributed by atoms with Gasteiger partial charge in [0.2, 0.25) is 0 Å². The van der Waals surface area contributed by atoms with Crippen LogP contribution in [0.5, 0.6) is 0 Å². The predicted molar refractivity (Wildman–Crippen MR) is 51.7 cm³/mol. The Morgan fingerprint density at radius 2 is 1.83 bits per heavy atom. The third kappa shape index (κ3) is 2.38. The molecule has 0 saturated heterocycles. The van der Waals surface area contributed by atoms with Crippen LogP contribution < -0.4 is 5.73 Å². The molecule has 0 unspecified atom stereocenters. The molecular weight excluding hydrogens is 152 g/mol. The Labute approximate surface area is 73.1 Å². The van der Waals surface area contributed by atoms with Gasteiger partial charge in [0, 0.05) is 13.1 Å². The first-order chi connectivity index (χ1) is 5.37. The van der Waals surface area contributed by atoms with Gasteiger partial charge in [0.05, 0.1) is 5.57 Å². The Hall–Kier alpha value is -1.32. The maximum absolute atomic E-state index is 7.57. The van der Waals surface area contributed by atoms with Crippen LogP contribution in [0.1, 0.15) is 13.8 Å². The lowest BCUT2D eigenvalue weighted by atomic mass is 10.2. The third-order valence-electron chi connectivity index (χ3n) is 1.74. The molecule has 0 heterocycles. The minimum atomic E-state index is -0.146. The Kier molecular flexibility index (Phi) is 3.47. The molecule has 0 bridgehead atoms. The average molecular weight is 168 g/mol. The highest BCUT2D eigenvalue weighted by Gasteiger charge is 2.12. The monoisotopic (exact) mass is 168 g/mol. The first kappa shape index (κ1) is 10.7. The Balaban J connectivity index is 4.40. The van der Waals surface area contributed by atoms with E-state index in [2.05, 4.69) is 6.58 Å². The van der Waals surface area contributed by atoms with Crippen molar-refractivity contribution < 1.29 is 0 Å². The quantitative estimate of drug-likeness (QED) is 0.430. The van der Waals surface area contributed by atoms with Gasteiger partial charge < -0.3 is 10.6 Å². The lowest BCUT2D eigenvalue weighted by Crippen LogP contribution is -2.36. The highest BCUT2D eigenvalue weighted by atomic mass is 15.2. The second-order valence-electron chi connectivity index (χ2n) is 2.95. The van der Waals surface area contributed by atoms with E-state index < -0.39 is 0 Å². The topological polar surface area (TPSA) is 77.0 Å². The molecule has 4 nitrogen and oxygen atoms in total. The molecule has 0 fully saturated rings. The molecule has 0 aliphatic heterocycles. The molecule has 0 aromatic heterocycles. The number of nitrogens with one attached hydrogen (secondary N) is 2. The summed E-state index contributed by atoms with van der Waals surface area (Å²) in [6.45, 7) is 7.46. The number of hydrogen-bond donors (Lipinski definition) is 3. The van der Waals surface area contributed by atoms with Gasteiger partial charge in [-0.3, -0.25) is 10.8 Å². The molecule has 4 N–H and O–H groups in total. The molecule has 4 heteroatoms. The van der Waals surface area contributed by atoms with Crippen molar-refractivity contribution in [1.82, 2.24) is 4.90 Å². The summed E-state index contributed by atoms with van der Waals surface area (Å²) < 4.78 is 0. The van der Waals surface area contributed by atoms with Crippen molar-refractivity contribution in [3.05, 3.63) is 12.2 Å². The van der Waals surface area contributed by atoms with E-state index >= 15 is 0 Å².